The molecule has 0 atom stereocenters. The first-order chi connectivity index (χ1) is 18.4. The fraction of sp³-hybridized carbons (Fsp3) is 0. The monoisotopic (exact) mass is 586 g/mol. The van der Waals surface area contributed by atoms with Crippen LogP contribution >= 0.6 is 11.8 Å². The van der Waals surface area contributed by atoms with Gasteiger partial charge in [-0.1, -0.05) is 11.8 Å². The van der Waals surface area contributed by atoms with E-state index in [1.807, 2.05) is 0 Å². The number of hydrogen-bond donors (Lipinski definition) is 4. The third kappa shape index (κ3) is 7.46. The van der Waals surface area contributed by atoms with Gasteiger partial charge in [-0.3, -0.25) is 9.11 Å². The highest BCUT2D eigenvalue weighted by molar-refractivity contribution is 8.00. The molecule has 0 saturated heterocycles. The Morgan fingerprint density at radius 1 is 0.487 bits per heavy atom. The summed E-state index contributed by atoms with van der Waals surface area (Å²) in [5.41, 5.74) is 0.889. The van der Waals surface area contributed by atoms with Crippen LogP contribution in [-0.4, -0.2) is 36.2 Å². The van der Waals surface area contributed by atoms with Gasteiger partial charge in [0, 0.05) is 9.79 Å². The van der Waals surface area contributed by atoms with Gasteiger partial charge in [0.1, 0.15) is 21.3 Å². The SMILES string of the molecule is O=S(=O)(O)c1cc(N=Nc2ccc(O)cc2)ccc1Sc1ccc(N=Nc2ccc(O)cc2)cc1S(=O)(=O)O. The number of benzene rings is 4. The molecular weight excluding hydrogens is 568 g/mol. The Hall–Kier alpha value is -4.15. The fourth-order valence-corrected chi connectivity index (χ4v) is 5.97. The summed E-state index contributed by atoms with van der Waals surface area (Å²) < 4.78 is 68.1. The highest BCUT2D eigenvalue weighted by atomic mass is 32.2. The molecule has 0 unspecified atom stereocenters. The van der Waals surface area contributed by atoms with E-state index in [9.17, 15) is 36.2 Å². The van der Waals surface area contributed by atoms with Gasteiger partial charge >= 0.3 is 0 Å². The summed E-state index contributed by atoms with van der Waals surface area (Å²) in [6.07, 6.45) is 0. The zero-order chi connectivity index (χ0) is 28.2. The van der Waals surface area contributed by atoms with Crippen LogP contribution in [0.5, 0.6) is 11.5 Å². The van der Waals surface area contributed by atoms with E-state index in [2.05, 4.69) is 20.5 Å². The highest BCUT2D eigenvalue weighted by Crippen LogP contribution is 2.39. The predicted molar refractivity (Wildman–Crippen MR) is 141 cm³/mol. The first-order valence-corrected chi connectivity index (χ1v) is 14.4. The molecule has 15 heteroatoms. The van der Waals surface area contributed by atoms with Crippen molar-refractivity contribution < 1.29 is 36.2 Å². The molecular formula is C24H18N4O8S3. The molecule has 0 heterocycles. The molecule has 0 fully saturated rings. The topological polar surface area (TPSA) is 199 Å². The molecule has 0 bridgehead atoms. The number of hydrogen-bond acceptors (Lipinski definition) is 11. The normalized spacial score (nSPS) is 12.4. The van der Waals surface area contributed by atoms with Gasteiger partial charge < -0.3 is 10.2 Å². The van der Waals surface area contributed by atoms with Gasteiger partial charge in [0.25, 0.3) is 20.2 Å². The standard InChI is InChI=1S/C24H18N4O8S3/c29-19-7-1-15(2-8-19)25-27-17-5-11-21(23(13-17)38(31,32)33)37-22-12-6-18(14-24(22)39(34,35)36)28-26-16-3-9-20(30)10-4-16/h1-14,29-30H,(H,31,32,33)(H,34,35,36). The first-order valence-electron chi connectivity index (χ1n) is 10.7. The van der Waals surface area contributed by atoms with E-state index in [-0.39, 0.29) is 32.7 Å². The predicted octanol–water partition coefficient (Wildman–Crippen LogP) is 6.57. The number of aromatic hydroxyl groups is 2. The summed E-state index contributed by atoms with van der Waals surface area (Å²) in [6.45, 7) is 0. The van der Waals surface area contributed by atoms with Crippen LogP contribution in [-0.2, 0) is 20.2 Å². The van der Waals surface area contributed by atoms with Gasteiger partial charge in [-0.05, 0) is 84.9 Å². The summed E-state index contributed by atoms with van der Waals surface area (Å²) in [5, 5.41) is 34.4. The van der Waals surface area contributed by atoms with E-state index in [1.165, 1.54) is 72.8 Å². The Bertz CT molecular complexity index is 1660. The Labute approximate surface area is 226 Å². The third-order valence-corrected chi connectivity index (χ3v) is 8.09. The molecule has 4 N–H and O–H groups in total. The number of rotatable bonds is 8. The van der Waals surface area contributed by atoms with Crippen LogP contribution in [0.15, 0.2) is 125 Å². The van der Waals surface area contributed by atoms with Crippen molar-refractivity contribution in [3.63, 3.8) is 0 Å². The molecule has 0 aliphatic carbocycles. The lowest BCUT2D eigenvalue weighted by Gasteiger charge is -2.11. The molecule has 39 heavy (non-hydrogen) atoms. The van der Waals surface area contributed by atoms with E-state index < -0.39 is 30.0 Å². The smallest absolute Gasteiger partial charge is 0.295 e. The molecule has 0 saturated carbocycles. The molecule has 4 aromatic carbocycles. The van der Waals surface area contributed by atoms with Gasteiger partial charge in [-0.25, -0.2) is 0 Å². The van der Waals surface area contributed by atoms with Crippen LogP contribution in [0.3, 0.4) is 0 Å². The lowest BCUT2D eigenvalue weighted by molar-refractivity contribution is 0.475. The summed E-state index contributed by atoms with van der Waals surface area (Å²) in [4.78, 5) is -1.23. The molecule has 0 spiro atoms. The molecule has 12 nitrogen and oxygen atoms in total. The van der Waals surface area contributed by atoms with Crippen molar-refractivity contribution in [1.82, 2.24) is 0 Å². The molecule has 4 aromatic rings. The maximum absolute atomic E-state index is 12.1. The molecule has 0 aliphatic heterocycles. The van der Waals surface area contributed by atoms with Gasteiger partial charge in [0.15, 0.2) is 0 Å². The lowest BCUT2D eigenvalue weighted by Crippen LogP contribution is -2.02. The molecule has 200 valence electrons. The van der Waals surface area contributed by atoms with E-state index in [0.29, 0.717) is 23.1 Å². The zero-order valence-corrected chi connectivity index (χ0v) is 22.0. The third-order valence-electron chi connectivity index (χ3n) is 4.89. The maximum atomic E-state index is 12.1. The van der Waals surface area contributed by atoms with E-state index in [1.54, 1.807) is 0 Å². The van der Waals surface area contributed by atoms with E-state index in [0.717, 1.165) is 12.1 Å². The quantitative estimate of drug-likeness (QED) is 0.130. The second-order valence-corrected chi connectivity index (χ2v) is 11.6. The van der Waals surface area contributed by atoms with Crippen molar-refractivity contribution in [2.45, 2.75) is 19.6 Å². The summed E-state index contributed by atoms with van der Waals surface area (Å²) in [5.74, 6) is 0.0587. The number of nitrogens with zero attached hydrogens (tertiary/aromatic N) is 4. The summed E-state index contributed by atoms with van der Waals surface area (Å²) >= 11 is 0.666. The molecule has 0 amide bonds. The largest absolute Gasteiger partial charge is 0.508 e. The average Bonchev–Trinajstić information content (AvgIpc) is 2.88. The second-order valence-electron chi connectivity index (χ2n) is 7.75. The van der Waals surface area contributed by atoms with Crippen LogP contribution in [0.4, 0.5) is 22.7 Å². The minimum Gasteiger partial charge on any atom is -0.508 e. The Kier molecular flexibility index (Phi) is 8.08. The van der Waals surface area contributed by atoms with Gasteiger partial charge in [-0.15, -0.1) is 0 Å². The van der Waals surface area contributed by atoms with Crippen molar-refractivity contribution in [2.24, 2.45) is 20.5 Å². The van der Waals surface area contributed by atoms with Crippen LogP contribution in [0.25, 0.3) is 0 Å². The number of phenols is 2. The van der Waals surface area contributed by atoms with Crippen molar-refractivity contribution >= 4 is 54.7 Å². The van der Waals surface area contributed by atoms with Gasteiger partial charge in [0.05, 0.1) is 22.7 Å². The Balaban J connectivity index is 1.67. The van der Waals surface area contributed by atoms with Gasteiger partial charge in [0.2, 0.25) is 0 Å². The van der Waals surface area contributed by atoms with Crippen LogP contribution in [0.2, 0.25) is 0 Å². The van der Waals surface area contributed by atoms with E-state index >= 15 is 0 Å². The van der Waals surface area contributed by atoms with Crippen LogP contribution in [0, 0.1) is 0 Å². The zero-order valence-electron chi connectivity index (χ0n) is 19.5. The first kappa shape index (κ1) is 27.9. The van der Waals surface area contributed by atoms with Crippen molar-refractivity contribution in [1.29, 1.82) is 0 Å². The molecule has 0 aliphatic rings. The van der Waals surface area contributed by atoms with Gasteiger partial charge in [-0.2, -0.15) is 37.3 Å². The lowest BCUT2D eigenvalue weighted by atomic mass is 10.3. The average molecular weight is 587 g/mol. The Morgan fingerprint density at radius 2 is 0.795 bits per heavy atom. The minimum absolute atomic E-state index is 0.0293. The van der Waals surface area contributed by atoms with Crippen molar-refractivity contribution in [2.75, 3.05) is 0 Å². The summed E-state index contributed by atoms with van der Waals surface area (Å²) in [7, 11) is -9.56. The van der Waals surface area contributed by atoms with E-state index in [4.69, 9.17) is 0 Å². The fourth-order valence-electron chi connectivity index (χ4n) is 3.08. The summed E-state index contributed by atoms with van der Waals surface area (Å²) in [6, 6.07) is 19.0. The molecule has 0 aromatic heterocycles. The maximum Gasteiger partial charge on any atom is 0.295 e. The second kappa shape index (κ2) is 11.3. The number of phenolic OH excluding ortho intramolecular Hbond substituents is 2. The van der Waals surface area contributed by atoms with Crippen LogP contribution < -0.4 is 0 Å². The Morgan fingerprint density at radius 3 is 1.13 bits per heavy atom. The minimum atomic E-state index is -4.78. The highest BCUT2D eigenvalue weighted by Gasteiger charge is 2.22. The van der Waals surface area contributed by atoms with Crippen molar-refractivity contribution in [3.8, 4) is 11.5 Å². The molecule has 0 radical (unpaired) electrons. The molecule has 4 rings (SSSR count). The van der Waals surface area contributed by atoms with Crippen LogP contribution in [0.1, 0.15) is 0 Å². The van der Waals surface area contributed by atoms with Crippen molar-refractivity contribution in [3.05, 3.63) is 84.9 Å². The number of azo groups is 2.